The molecule has 0 unspecified atom stereocenters. The van der Waals surface area contributed by atoms with Gasteiger partial charge in [-0.15, -0.1) is 0 Å². The number of anilines is 1. The third-order valence-electron chi connectivity index (χ3n) is 18.9. The zero-order valence-electron chi connectivity index (χ0n) is 64.6. The van der Waals surface area contributed by atoms with Gasteiger partial charge in [-0.1, -0.05) is 75.8 Å². The van der Waals surface area contributed by atoms with E-state index in [4.69, 9.17) is 17.2 Å². The third kappa shape index (κ3) is 31.5. The summed E-state index contributed by atoms with van der Waals surface area (Å²) in [6, 6.07) is -11.5. The van der Waals surface area contributed by atoms with Crippen LogP contribution in [-0.4, -0.2) is 259 Å². The Morgan fingerprint density at radius 2 is 1.10 bits per heavy atom. The summed E-state index contributed by atoms with van der Waals surface area (Å²) in [5.74, 6) is -27.0. The maximum Gasteiger partial charge on any atom is 0.305 e. The van der Waals surface area contributed by atoms with Gasteiger partial charge in [0.1, 0.15) is 72.5 Å². The molecule has 117 heavy (non-hydrogen) atoms. The number of fused-ring (bicyclic) bond motifs is 2. The molecule has 2 fully saturated rings. The minimum Gasteiger partial charge on any atom is -0.481 e. The van der Waals surface area contributed by atoms with Crippen molar-refractivity contribution < 1.29 is 121 Å². The quantitative estimate of drug-likeness (QED) is 0.0148. The zero-order valence-corrected chi connectivity index (χ0v) is 64.6. The number of carbonyl (C=O) groups is 20. The molecule has 2 saturated heterocycles. The number of piperidine rings is 1. The van der Waals surface area contributed by atoms with Crippen LogP contribution in [0.4, 0.5) is 5.69 Å². The number of nitrogens with zero attached hydrogens (tertiary/aromatic N) is 1. The van der Waals surface area contributed by atoms with Crippen molar-refractivity contribution in [2.75, 3.05) is 38.5 Å². The minimum atomic E-state index is -2.33. The average Bonchev–Trinajstić information content (AvgIpc) is 1.76. The number of aromatic nitrogens is 1. The molecule has 43 heteroatoms. The Morgan fingerprint density at radius 1 is 0.547 bits per heavy atom. The minimum absolute atomic E-state index is 0.00925. The Balaban J connectivity index is 1.63. The van der Waals surface area contributed by atoms with Gasteiger partial charge in [0.05, 0.1) is 38.8 Å². The fourth-order valence-corrected chi connectivity index (χ4v) is 12.7. The van der Waals surface area contributed by atoms with Gasteiger partial charge in [-0.25, -0.2) is 0 Å². The molecule has 5 rings (SSSR count). The number of nitrogen functional groups attached to an aromatic ring is 1. The summed E-state index contributed by atoms with van der Waals surface area (Å²) in [4.78, 5) is 280. The van der Waals surface area contributed by atoms with Crippen LogP contribution in [0.15, 0.2) is 54.7 Å². The van der Waals surface area contributed by atoms with Crippen LogP contribution in [0.3, 0.4) is 0 Å². The van der Waals surface area contributed by atoms with E-state index in [1.807, 2.05) is 16.0 Å². The van der Waals surface area contributed by atoms with E-state index in [1.165, 1.54) is 24.3 Å². The van der Waals surface area contributed by atoms with Gasteiger partial charge in [-0.05, 0) is 82.2 Å². The number of hydrogen-bond donors (Lipinski definition) is 22. The number of aliphatic hydroxyl groups is 1. The lowest BCUT2D eigenvalue weighted by Crippen LogP contribution is -2.64. The number of aromatic amines is 1. The standard InChI is InChI=1S/C74H104N18O25/c1-3-4-5-6-7-8-9-23-57(96)82-46(28-39-34-78-43-20-13-11-17-40(39)43)69(112)88-48(30-56(77)95)70(113)90-51(33-62(104)105)71(114)91-52-35-79-64(107)47(29-55(94)41-18-10-12-19-42(41)76)87-67(110)45(24-25-59(98)99)84-72(115)53(37-93)83-58(97)36-80-65(108)49(31-60(100)101)86-63(106)38(2)81-68(111)50(32-61(102)103)89-66(109)44(21-16-26-75)85-73(116)54-22-14-15-27-92(54)74(52)117/h10-13,17-20,34,38,44-54,78,93H,3-9,14-16,21-33,35-37,75-76H2,1-2H3,(H2,77,95)(H,79,107)(H,80,108)(H,81,111)(H,82,96)(H,83,97)(H,84,115)(H,85,116)(H,86,106)(H,87,110)(H,88,112)(H,89,109)(H,90,113)(H,91,114)(H,98,99)(H,100,101)(H,102,103)(H,104,105)/t38-,44+,45+,46+,47-,48-,49+,50+,51+,52+,53-,54-/m1/s1. The topological polar surface area (TPSA) is 696 Å². The van der Waals surface area contributed by atoms with Crippen molar-refractivity contribution in [1.29, 1.82) is 0 Å². The number of H-pyrrole nitrogens is 1. The number of benzene rings is 2. The molecule has 640 valence electrons. The number of carboxylic acids is 4. The molecule has 25 N–H and O–H groups in total. The number of carbonyl (C=O) groups excluding carboxylic acids is 16. The monoisotopic (exact) mass is 1640 g/mol. The maximum atomic E-state index is 15.5. The number of primary amides is 1. The van der Waals surface area contributed by atoms with Crippen LogP contribution in [0, 0.1) is 0 Å². The van der Waals surface area contributed by atoms with Gasteiger partial charge in [-0.2, -0.15) is 0 Å². The lowest BCUT2D eigenvalue weighted by molar-refractivity contribution is -0.146. The van der Waals surface area contributed by atoms with Crippen LogP contribution >= 0.6 is 0 Å². The molecule has 2 aliphatic rings. The zero-order chi connectivity index (χ0) is 86.6. The lowest BCUT2D eigenvalue weighted by Gasteiger charge is -2.38. The third-order valence-corrected chi connectivity index (χ3v) is 18.9. The number of aliphatic carboxylic acids is 4. The van der Waals surface area contributed by atoms with Gasteiger partial charge in [0, 0.05) is 67.1 Å². The Labute approximate surface area is 669 Å². The van der Waals surface area contributed by atoms with Crippen molar-refractivity contribution in [1.82, 2.24) is 79.0 Å². The number of nitrogens with two attached hydrogens (primary N) is 3. The number of para-hydroxylation sites is 2. The highest BCUT2D eigenvalue weighted by molar-refractivity contribution is 6.06. The van der Waals surface area contributed by atoms with Crippen molar-refractivity contribution in [2.45, 2.75) is 221 Å². The van der Waals surface area contributed by atoms with E-state index in [-0.39, 0.29) is 62.7 Å². The number of amides is 15. The molecule has 3 aromatic rings. The summed E-state index contributed by atoms with van der Waals surface area (Å²) >= 11 is 0. The Hall–Kier alpha value is -12.7. The summed E-state index contributed by atoms with van der Waals surface area (Å²) in [5, 5.41) is 79.7. The molecule has 3 heterocycles. The largest absolute Gasteiger partial charge is 0.481 e. The van der Waals surface area contributed by atoms with Gasteiger partial charge in [0.2, 0.25) is 88.6 Å². The first-order chi connectivity index (χ1) is 55.5. The fraction of sp³-hybridized carbons (Fsp3) is 0.541. The number of Topliss-reactive ketones (excluding diaryl/α,β-unsaturated/α-hetero) is 1. The van der Waals surface area contributed by atoms with Gasteiger partial charge in [0.25, 0.3) is 0 Å². The molecule has 1 aromatic heterocycles. The second-order valence-corrected chi connectivity index (χ2v) is 28.1. The van der Waals surface area contributed by atoms with Crippen LogP contribution in [0.5, 0.6) is 0 Å². The van der Waals surface area contributed by atoms with Gasteiger partial charge in [-0.3, -0.25) is 95.9 Å². The first kappa shape index (κ1) is 94.9. The Kier molecular flexibility index (Phi) is 38.8. The smallest absolute Gasteiger partial charge is 0.305 e. The van der Waals surface area contributed by atoms with E-state index in [2.05, 4.69) is 65.1 Å². The van der Waals surface area contributed by atoms with Crippen molar-refractivity contribution in [2.24, 2.45) is 11.5 Å². The van der Waals surface area contributed by atoms with E-state index >= 15 is 4.79 Å². The summed E-state index contributed by atoms with van der Waals surface area (Å²) in [6.07, 6.45) is -0.653. The van der Waals surface area contributed by atoms with Crippen molar-refractivity contribution in [3.63, 3.8) is 0 Å². The number of hydrogen-bond acceptors (Lipinski definition) is 23. The summed E-state index contributed by atoms with van der Waals surface area (Å²) in [5.41, 5.74) is 18.3. The van der Waals surface area contributed by atoms with Gasteiger partial charge < -0.3 is 122 Å². The number of carboxylic acid groups (broad SMARTS) is 4. The van der Waals surface area contributed by atoms with E-state index in [0.717, 1.165) is 43.9 Å². The Morgan fingerprint density at radius 3 is 1.73 bits per heavy atom. The first-order valence-corrected chi connectivity index (χ1v) is 38.1. The molecule has 0 saturated carbocycles. The van der Waals surface area contributed by atoms with E-state index < -0.39 is 262 Å². The highest BCUT2D eigenvalue weighted by atomic mass is 16.4. The molecule has 2 aromatic carbocycles. The molecule has 2 aliphatic heterocycles. The van der Waals surface area contributed by atoms with Crippen LogP contribution in [0.2, 0.25) is 0 Å². The normalized spacial score (nSPS) is 21.4. The van der Waals surface area contributed by atoms with E-state index in [9.17, 15) is 117 Å². The van der Waals surface area contributed by atoms with E-state index in [1.54, 1.807) is 30.5 Å². The van der Waals surface area contributed by atoms with Gasteiger partial charge >= 0.3 is 23.9 Å². The van der Waals surface area contributed by atoms with Crippen LogP contribution in [0.1, 0.15) is 158 Å². The summed E-state index contributed by atoms with van der Waals surface area (Å²) in [7, 11) is 0. The van der Waals surface area contributed by atoms with Crippen LogP contribution in [0.25, 0.3) is 10.9 Å². The summed E-state index contributed by atoms with van der Waals surface area (Å²) < 4.78 is 0. The average molecular weight is 1650 g/mol. The van der Waals surface area contributed by atoms with Crippen LogP contribution in [-0.2, 0) is 97.5 Å². The highest BCUT2D eigenvalue weighted by Gasteiger charge is 2.42. The van der Waals surface area contributed by atoms with E-state index in [0.29, 0.717) is 29.3 Å². The molecule has 15 amide bonds. The predicted octanol–water partition coefficient (Wildman–Crippen LogP) is -5.42. The number of unbranched alkanes of at least 4 members (excludes halogenated alkanes) is 6. The Bertz CT molecular complexity index is 4120. The van der Waals surface area contributed by atoms with Gasteiger partial charge in [0.15, 0.2) is 5.78 Å². The highest BCUT2D eigenvalue weighted by Crippen LogP contribution is 2.23. The molecule has 0 radical (unpaired) electrons. The van der Waals surface area contributed by atoms with Crippen molar-refractivity contribution >= 4 is 135 Å². The molecular weight excluding hydrogens is 1540 g/mol. The number of rotatable bonds is 35. The second kappa shape index (κ2) is 47.9. The second-order valence-electron chi connectivity index (χ2n) is 28.1. The predicted molar refractivity (Wildman–Crippen MR) is 410 cm³/mol. The van der Waals surface area contributed by atoms with Crippen LogP contribution < -0.4 is 86.3 Å². The molecule has 0 bridgehead atoms. The lowest BCUT2D eigenvalue weighted by atomic mass is 9.98. The first-order valence-electron chi connectivity index (χ1n) is 38.1. The number of nitrogens with one attached hydrogen (secondary N) is 14. The summed E-state index contributed by atoms with van der Waals surface area (Å²) in [6.45, 7) is -1.11. The number of ketones is 1. The fourth-order valence-electron chi connectivity index (χ4n) is 12.7. The molecular formula is C74H104N18O25. The molecule has 0 aliphatic carbocycles. The number of aliphatic hydroxyl groups excluding tert-OH is 1. The molecule has 12 atom stereocenters. The SMILES string of the molecule is CCCCCCCCCC(=O)N[C@@H](Cc1c[nH]c2ccccc12)C(=O)N[C@H](CC(N)=O)C(=O)N[C@@H](CC(=O)O)C(=O)N[C@H]1CNC(=O)[C@@H](CC(=O)c2ccccc2N)NC(=O)[C@H](CCC(=O)O)NC(=O)[C@@H](CO)NC(=O)CNC(=O)[C@H](CC(=O)O)NC(=O)[C@@H](C)NC(=O)[C@H](CC(=O)O)NC(=O)[C@H](CCCN)NC(=O)[C@H]2CCCCN2C1=O. The maximum absolute atomic E-state index is 15.5. The molecule has 43 nitrogen and oxygen atoms in total. The molecule has 0 spiro atoms. The van der Waals surface area contributed by atoms with Crippen molar-refractivity contribution in [3.05, 3.63) is 65.9 Å². The van der Waals surface area contributed by atoms with Crippen molar-refractivity contribution in [3.8, 4) is 0 Å².